The number of unbranched alkanes of at least 4 members (excludes halogenated alkanes) is 1. The van der Waals surface area contributed by atoms with Crippen LogP contribution in [-0.2, 0) is 10.0 Å². The van der Waals surface area contributed by atoms with Crippen molar-refractivity contribution < 1.29 is 8.42 Å². The fourth-order valence-electron chi connectivity index (χ4n) is 1.81. The van der Waals surface area contributed by atoms with Crippen LogP contribution in [0.15, 0.2) is 41.4 Å². The summed E-state index contributed by atoms with van der Waals surface area (Å²) in [7, 11) is -3.50. The minimum Gasteiger partial charge on any atom is -0.256 e. The highest BCUT2D eigenvalue weighted by Gasteiger charge is 2.16. The van der Waals surface area contributed by atoms with Crippen LogP contribution in [0.1, 0.15) is 12.8 Å². The van der Waals surface area contributed by atoms with Crippen molar-refractivity contribution in [1.82, 2.24) is 9.71 Å². The molecule has 0 bridgehead atoms. The Hall–Kier alpha value is -1.17. The van der Waals surface area contributed by atoms with E-state index in [0.717, 1.165) is 12.8 Å². The number of aromatic nitrogens is 1. The van der Waals surface area contributed by atoms with Crippen molar-refractivity contribution in [1.29, 1.82) is 0 Å². The topological polar surface area (TPSA) is 59.1 Å². The number of hydrogen-bond acceptors (Lipinski definition) is 3. The van der Waals surface area contributed by atoms with Gasteiger partial charge in [0.2, 0.25) is 10.0 Å². The SMILES string of the molecule is O=S(=O)(NCCCCCl)c1cccc2ncccc12. The molecule has 0 saturated carbocycles. The molecule has 2 aromatic rings. The number of fused-ring (bicyclic) bond motifs is 1. The average Bonchev–Trinajstić information content (AvgIpc) is 2.43. The van der Waals surface area contributed by atoms with Gasteiger partial charge in [-0.1, -0.05) is 6.07 Å². The Balaban J connectivity index is 2.28. The van der Waals surface area contributed by atoms with Gasteiger partial charge in [0.05, 0.1) is 10.4 Å². The van der Waals surface area contributed by atoms with E-state index in [9.17, 15) is 8.42 Å². The highest BCUT2D eigenvalue weighted by atomic mass is 35.5. The lowest BCUT2D eigenvalue weighted by Gasteiger charge is -2.08. The molecule has 102 valence electrons. The normalized spacial score (nSPS) is 11.8. The van der Waals surface area contributed by atoms with Gasteiger partial charge in [-0.15, -0.1) is 11.6 Å². The van der Waals surface area contributed by atoms with Gasteiger partial charge in [-0.05, 0) is 37.1 Å². The molecule has 0 spiro atoms. The van der Waals surface area contributed by atoms with E-state index in [-0.39, 0.29) is 4.90 Å². The predicted molar refractivity (Wildman–Crippen MR) is 76.9 cm³/mol. The second-order valence-electron chi connectivity index (χ2n) is 4.12. The van der Waals surface area contributed by atoms with Crippen molar-refractivity contribution in [2.75, 3.05) is 12.4 Å². The Morgan fingerprint density at radius 1 is 1.16 bits per heavy atom. The maximum absolute atomic E-state index is 12.2. The molecule has 0 aliphatic heterocycles. The molecule has 1 heterocycles. The first-order valence-corrected chi connectivity index (χ1v) is 8.06. The van der Waals surface area contributed by atoms with Crippen molar-refractivity contribution in [3.05, 3.63) is 36.5 Å². The highest BCUT2D eigenvalue weighted by molar-refractivity contribution is 7.89. The van der Waals surface area contributed by atoms with E-state index in [4.69, 9.17) is 11.6 Å². The van der Waals surface area contributed by atoms with Crippen molar-refractivity contribution in [2.24, 2.45) is 0 Å². The molecule has 1 aromatic carbocycles. The van der Waals surface area contributed by atoms with E-state index in [1.54, 1.807) is 36.5 Å². The summed E-state index contributed by atoms with van der Waals surface area (Å²) in [5.74, 6) is 0.542. The maximum atomic E-state index is 12.2. The highest BCUT2D eigenvalue weighted by Crippen LogP contribution is 2.20. The molecule has 0 aliphatic rings. The molecule has 6 heteroatoms. The molecule has 0 saturated heterocycles. The molecule has 4 nitrogen and oxygen atoms in total. The number of pyridine rings is 1. The smallest absolute Gasteiger partial charge is 0.241 e. The molecule has 0 fully saturated rings. The van der Waals surface area contributed by atoms with E-state index in [0.29, 0.717) is 23.3 Å². The molecule has 1 N–H and O–H groups in total. The third-order valence-electron chi connectivity index (χ3n) is 2.75. The average molecular weight is 299 g/mol. The summed E-state index contributed by atoms with van der Waals surface area (Å²) in [6.07, 6.45) is 3.17. The fourth-order valence-corrected chi connectivity index (χ4v) is 3.29. The van der Waals surface area contributed by atoms with Crippen molar-refractivity contribution in [2.45, 2.75) is 17.7 Å². The van der Waals surface area contributed by atoms with Crippen LogP contribution in [-0.4, -0.2) is 25.8 Å². The Labute approximate surface area is 117 Å². The number of hydrogen-bond donors (Lipinski definition) is 1. The molecule has 1 aromatic heterocycles. The van der Waals surface area contributed by atoms with E-state index in [1.165, 1.54) is 0 Å². The van der Waals surface area contributed by atoms with Gasteiger partial charge < -0.3 is 0 Å². The Morgan fingerprint density at radius 3 is 2.79 bits per heavy atom. The Bertz CT molecular complexity index is 653. The lowest BCUT2D eigenvalue weighted by molar-refractivity contribution is 0.579. The largest absolute Gasteiger partial charge is 0.256 e. The lowest BCUT2D eigenvalue weighted by Crippen LogP contribution is -2.25. The first kappa shape index (κ1) is 14.2. The van der Waals surface area contributed by atoms with Crippen LogP contribution in [0.25, 0.3) is 10.9 Å². The summed E-state index contributed by atoms with van der Waals surface area (Å²) in [5.41, 5.74) is 0.672. The summed E-state index contributed by atoms with van der Waals surface area (Å²) in [5, 5.41) is 0.634. The molecular formula is C13H15ClN2O2S. The molecule has 0 amide bonds. The van der Waals surface area contributed by atoms with Crippen LogP contribution in [0, 0.1) is 0 Å². The second kappa shape index (κ2) is 6.32. The minimum absolute atomic E-state index is 0.268. The van der Waals surface area contributed by atoms with E-state index < -0.39 is 10.0 Å². The van der Waals surface area contributed by atoms with Crippen LogP contribution in [0.4, 0.5) is 0 Å². The number of nitrogens with one attached hydrogen (secondary N) is 1. The third kappa shape index (κ3) is 3.43. The van der Waals surface area contributed by atoms with Gasteiger partial charge in [0.1, 0.15) is 0 Å². The Kier molecular flexibility index (Phi) is 4.74. The summed E-state index contributed by atoms with van der Waals surface area (Å²) < 4.78 is 27.1. The minimum atomic E-state index is -3.50. The molecule has 2 rings (SSSR count). The number of benzene rings is 1. The third-order valence-corrected chi connectivity index (χ3v) is 4.53. The number of rotatable bonds is 6. The molecule has 0 unspecified atom stereocenters. The molecule has 19 heavy (non-hydrogen) atoms. The standard InChI is InChI=1S/C13H15ClN2O2S/c14-8-1-2-10-16-19(17,18)13-7-3-6-12-11(13)5-4-9-15-12/h3-7,9,16H,1-2,8,10H2. The second-order valence-corrected chi connectivity index (χ2v) is 6.23. The van der Waals surface area contributed by atoms with Crippen molar-refractivity contribution in [3.63, 3.8) is 0 Å². The van der Waals surface area contributed by atoms with Crippen LogP contribution in [0.3, 0.4) is 0 Å². The number of halogens is 1. The van der Waals surface area contributed by atoms with Gasteiger partial charge >= 0.3 is 0 Å². The summed E-state index contributed by atoms with van der Waals surface area (Å²) in [6, 6.07) is 8.57. The van der Waals surface area contributed by atoms with E-state index in [1.807, 2.05) is 0 Å². The number of nitrogens with zero attached hydrogens (tertiary/aromatic N) is 1. The quantitative estimate of drug-likeness (QED) is 0.658. The predicted octanol–water partition coefficient (Wildman–Crippen LogP) is 2.53. The first-order chi connectivity index (χ1) is 9.15. The Morgan fingerprint density at radius 2 is 2.00 bits per heavy atom. The molecular weight excluding hydrogens is 284 g/mol. The summed E-state index contributed by atoms with van der Waals surface area (Å²) >= 11 is 5.56. The van der Waals surface area contributed by atoms with Crippen LogP contribution in [0.2, 0.25) is 0 Å². The van der Waals surface area contributed by atoms with E-state index in [2.05, 4.69) is 9.71 Å². The van der Waals surface area contributed by atoms with Crippen LogP contribution in [0.5, 0.6) is 0 Å². The fraction of sp³-hybridized carbons (Fsp3) is 0.308. The van der Waals surface area contributed by atoms with Gasteiger partial charge in [0.15, 0.2) is 0 Å². The zero-order valence-corrected chi connectivity index (χ0v) is 11.9. The first-order valence-electron chi connectivity index (χ1n) is 6.04. The van der Waals surface area contributed by atoms with Gasteiger partial charge in [0, 0.05) is 24.0 Å². The van der Waals surface area contributed by atoms with Gasteiger partial charge in [-0.3, -0.25) is 4.98 Å². The zero-order valence-electron chi connectivity index (χ0n) is 10.3. The zero-order chi connectivity index (χ0) is 13.7. The lowest BCUT2D eigenvalue weighted by atomic mass is 10.2. The maximum Gasteiger partial charge on any atom is 0.241 e. The van der Waals surface area contributed by atoms with E-state index >= 15 is 0 Å². The van der Waals surface area contributed by atoms with Crippen molar-refractivity contribution in [3.8, 4) is 0 Å². The number of alkyl halides is 1. The number of sulfonamides is 1. The molecule has 0 aliphatic carbocycles. The van der Waals surface area contributed by atoms with Crippen LogP contribution < -0.4 is 4.72 Å². The van der Waals surface area contributed by atoms with Gasteiger partial charge in [-0.2, -0.15) is 0 Å². The summed E-state index contributed by atoms with van der Waals surface area (Å²) in [4.78, 5) is 4.42. The van der Waals surface area contributed by atoms with Gasteiger partial charge in [0.25, 0.3) is 0 Å². The molecule has 0 atom stereocenters. The van der Waals surface area contributed by atoms with Crippen molar-refractivity contribution >= 4 is 32.5 Å². The summed E-state index contributed by atoms with van der Waals surface area (Å²) in [6.45, 7) is 0.395. The van der Waals surface area contributed by atoms with Gasteiger partial charge in [-0.25, -0.2) is 13.1 Å². The van der Waals surface area contributed by atoms with Crippen LogP contribution >= 0.6 is 11.6 Å². The monoisotopic (exact) mass is 298 g/mol. The molecule has 0 radical (unpaired) electrons.